The number of aromatic amines is 1. The number of likely N-dealkylation sites (tertiary alicyclic amines) is 1. The molecule has 1 aliphatic rings. The third kappa shape index (κ3) is 4.15. The predicted octanol–water partition coefficient (Wildman–Crippen LogP) is 3.51. The first-order valence-corrected chi connectivity index (χ1v) is 9.98. The molecule has 156 valence electrons. The fourth-order valence-corrected chi connectivity index (χ4v) is 3.67. The number of pyridine rings is 1. The van der Waals surface area contributed by atoms with Crippen LogP contribution in [0.15, 0.2) is 53.5 Å². The van der Waals surface area contributed by atoms with Gasteiger partial charge in [0, 0.05) is 50.9 Å². The number of nitrogens with one attached hydrogen (secondary N) is 1. The van der Waals surface area contributed by atoms with E-state index < -0.39 is 0 Å². The van der Waals surface area contributed by atoms with Crippen LogP contribution in [0.4, 0.5) is 4.39 Å². The Morgan fingerprint density at radius 1 is 1.10 bits per heavy atom. The molecule has 2 aromatic heterocycles. The summed E-state index contributed by atoms with van der Waals surface area (Å²) in [7, 11) is 1.73. The maximum Gasteiger partial charge on any atom is 0.270 e. The normalized spacial score (nSPS) is 14.7. The minimum absolute atomic E-state index is 0.0287. The van der Waals surface area contributed by atoms with Crippen molar-refractivity contribution in [1.82, 2.24) is 14.5 Å². The van der Waals surface area contributed by atoms with Crippen LogP contribution in [0.25, 0.3) is 11.1 Å². The van der Waals surface area contributed by atoms with Crippen molar-refractivity contribution in [3.05, 3.63) is 76.2 Å². The highest BCUT2D eigenvalue weighted by atomic mass is 19.1. The molecule has 30 heavy (non-hydrogen) atoms. The zero-order valence-corrected chi connectivity index (χ0v) is 17.0. The molecule has 0 saturated carbocycles. The average molecular weight is 409 g/mol. The zero-order valence-electron chi connectivity index (χ0n) is 17.0. The second kappa shape index (κ2) is 8.18. The van der Waals surface area contributed by atoms with Crippen molar-refractivity contribution < 1.29 is 13.9 Å². The number of nitrogens with zero attached hydrogens (tertiary/aromatic N) is 2. The lowest BCUT2D eigenvalue weighted by Crippen LogP contribution is -2.42. The van der Waals surface area contributed by atoms with Gasteiger partial charge in [-0.2, -0.15) is 0 Å². The number of hydrogen-bond donors (Lipinski definition) is 1. The summed E-state index contributed by atoms with van der Waals surface area (Å²) in [4.78, 5) is 29.6. The molecule has 1 N–H and O–H groups in total. The number of carbonyl (C=O) groups is 1. The molecule has 0 bridgehead atoms. The highest BCUT2D eigenvalue weighted by Crippen LogP contribution is 2.23. The first-order chi connectivity index (χ1) is 14.4. The molecule has 0 spiro atoms. The fraction of sp³-hybridized carbons (Fsp3) is 0.304. The van der Waals surface area contributed by atoms with Crippen LogP contribution in [0.1, 0.15) is 29.0 Å². The molecule has 1 aliphatic heterocycles. The summed E-state index contributed by atoms with van der Waals surface area (Å²) >= 11 is 0. The van der Waals surface area contributed by atoms with E-state index in [2.05, 4.69) is 4.98 Å². The van der Waals surface area contributed by atoms with Gasteiger partial charge in [-0.05, 0) is 42.3 Å². The number of halogens is 1. The lowest BCUT2D eigenvalue weighted by Gasteiger charge is -2.32. The maximum atomic E-state index is 13.1. The standard InChI is InChI=1S/C23H24FN3O3/c1-15-11-20(13-22(28)26(15)2)30-19-7-9-27(10-8-19)23(29)21-12-17(14-25-21)16-3-5-18(24)6-4-16/h3-6,11-14,19,25H,7-10H2,1-2H3. The topological polar surface area (TPSA) is 67.3 Å². The molecular weight excluding hydrogens is 385 g/mol. The first kappa shape index (κ1) is 19.9. The highest BCUT2D eigenvalue weighted by molar-refractivity contribution is 5.94. The molecule has 1 aromatic carbocycles. The number of amides is 1. The second-order valence-corrected chi connectivity index (χ2v) is 7.65. The Hall–Kier alpha value is -3.35. The van der Waals surface area contributed by atoms with Crippen molar-refractivity contribution in [3.8, 4) is 16.9 Å². The number of H-pyrrole nitrogens is 1. The molecule has 7 heteroatoms. The van der Waals surface area contributed by atoms with Crippen LogP contribution in [-0.2, 0) is 7.05 Å². The molecule has 4 rings (SSSR count). The van der Waals surface area contributed by atoms with Gasteiger partial charge in [0.25, 0.3) is 11.5 Å². The van der Waals surface area contributed by atoms with E-state index in [1.165, 1.54) is 18.2 Å². The van der Waals surface area contributed by atoms with Crippen LogP contribution < -0.4 is 10.3 Å². The van der Waals surface area contributed by atoms with Gasteiger partial charge in [0.1, 0.15) is 23.4 Å². The Morgan fingerprint density at radius 2 is 1.80 bits per heavy atom. The summed E-state index contributed by atoms with van der Waals surface area (Å²) in [6.07, 6.45) is 3.13. The lowest BCUT2D eigenvalue weighted by atomic mass is 10.1. The maximum absolute atomic E-state index is 13.1. The van der Waals surface area contributed by atoms with Gasteiger partial charge < -0.3 is 19.2 Å². The number of benzene rings is 1. The minimum Gasteiger partial charge on any atom is -0.490 e. The van der Waals surface area contributed by atoms with Gasteiger partial charge in [-0.3, -0.25) is 9.59 Å². The number of aryl methyl sites for hydroxylation is 1. The number of hydrogen-bond acceptors (Lipinski definition) is 3. The monoisotopic (exact) mass is 409 g/mol. The van der Waals surface area contributed by atoms with Crippen LogP contribution >= 0.6 is 0 Å². The molecule has 3 aromatic rings. The number of piperidine rings is 1. The van der Waals surface area contributed by atoms with Gasteiger partial charge in [-0.1, -0.05) is 12.1 Å². The summed E-state index contributed by atoms with van der Waals surface area (Å²) in [5.41, 5.74) is 2.95. The molecule has 1 fully saturated rings. The van der Waals surface area contributed by atoms with Crippen LogP contribution in [0.3, 0.4) is 0 Å². The lowest BCUT2D eigenvalue weighted by molar-refractivity contribution is 0.0590. The molecule has 0 unspecified atom stereocenters. The van der Waals surface area contributed by atoms with Gasteiger partial charge in [0.15, 0.2) is 0 Å². The summed E-state index contributed by atoms with van der Waals surface area (Å²) in [5, 5.41) is 0. The third-order valence-electron chi connectivity index (χ3n) is 5.60. The molecule has 0 radical (unpaired) electrons. The zero-order chi connectivity index (χ0) is 21.3. The van der Waals surface area contributed by atoms with Crippen LogP contribution in [0.2, 0.25) is 0 Å². The summed E-state index contributed by atoms with van der Waals surface area (Å²) in [6, 6.07) is 11.3. The van der Waals surface area contributed by atoms with Gasteiger partial charge in [-0.15, -0.1) is 0 Å². The van der Waals surface area contributed by atoms with Gasteiger partial charge in [-0.25, -0.2) is 4.39 Å². The number of aromatic nitrogens is 2. The van der Waals surface area contributed by atoms with Crippen LogP contribution in [0, 0.1) is 12.7 Å². The largest absolute Gasteiger partial charge is 0.490 e. The molecule has 6 nitrogen and oxygen atoms in total. The molecular formula is C23H24FN3O3. The Labute approximate surface area is 173 Å². The predicted molar refractivity (Wildman–Crippen MR) is 112 cm³/mol. The van der Waals surface area contributed by atoms with Crippen molar-refractivity contribution in [2.75, 3.05) is 13.1 Å². The fourth-order valence-electron chi connectivity index (χ4n) is 3.67. The van der Waals surface area contributed by atoms with E-state index in [1.807, 2.05) is 13.0 Å². The molecule has 1 amide bonds. The van der Waals surface area contributed by atoms with E-state index in [0.29, 0.717) is 37.4 Å². The molecule has 0 atom stereocenters. The van der Waals surface area contributed by atoms with Crippen LogP contribution in [-0.4, -0.2) is 39.6 Å². The second-order valence-electron chi connectivity index (χ2n) is 7.65. The molecule has 3 heterocycles. The molecule has 0 aliphatic carbocycles. The number of carbonyl (C=O) groups excluding carboxylic acids is 1. The Bertz CT molecular complexity index is 1110. The molecule has 1 saturated heterocycles. The highest BCUT2D eigenvalue weighted by Gasteiger charge is 2.25. The van der Waals surface area contributed by atoms with E-state index in [4.69, 9.17) is 4.74 Å². The Morgan fingerprint density at radius 3 is 2.47 bits per heavy atom. The summed E-state index contributed by atoms with van der Waals surface area (Å²) in [6.45, 7) is 3.03. The van der Waals surface area contributed by atoms with Gasteiger partial charge >= 0.3 is 0 Å². The van der Waals surface area contributed by atoms with E-state index >= 15 is 0 Å². The Balaban J connectivity index is 1.37. The first-order valence-electron chi connectivity index (χ1n) is 9.98. The van der Waals surface area contributed by atoms with Crippen molar-refractivity contribution in [2.45, 2.75) is 25.9 Å². The van der Waals surface area contributed by atoms with E-state index in [0.717, 1.165) is 16.8 Å². The third-order valence-corrected chi connectivity index (χ3v) is 5.60. The van der Waals surface area contributed by atoms with Crippen molar-refractivity contribution in [1.29, 1.82) is 0 Å². The van der Waals surface area contributed by atoms with Crippen molar-refractivity contribution in [2.24, 2.45) is 7.05 Å². The summed E-state index contributed by atoms with van der Waals surface area (Å²) < 4.78 is 20.7. The van der Waals surface area contributed by atoms with Crippen molar-refractivity contribution in [3.63, 3.8) is 0 Å². The van der Waals surface area contributed by atoms with Crippen molar-refractivity contribution >= 4 is 5.91 Å². The number of ether oxygens (including phenoxy) is 1. The van der Waals surface area contributed by atoms with Gasteiger partial charge in [0.05, 0.1) is 0 Å². The summed E-state index contributed by atoms with van der Waals surface area (Å²) in [5.74, 6) is 0.224. The Kier molecular flexibility index (Phi) is 5.44. The van der Waals surface area contributed by atoms with E-state index in [1.54, 1.807) is 40.9 Å². The smallest absolute Gasteiger partial charge is 0.270 e. The number of rotatable bonds is 4. The average Bonchev–Trinajstić information content (AvgIpc) is 3.23. The van der Waals surface area contributed by atoms with E-state index in [-0.39, 0.29) is 23.4 Å². The van der Waals surface area contributed by atoms with Crippen LogP contribution in [0.5, 0.6) is 5.75 Å². The van der Waals surface area contributed by atoms with E-state index in [9.17, 15) is 14.0 Å². The minimum atomic E-state index is -0.290. The van der Waals surface area contributed by atoms with Gasteiger partial charge in [0.2, 0.25) is 0 Å². The quantitative estimate of drug-likeness (QED) is 0.717. The SMILES string of the molecule is Cc1cc(OC2CCN(C(=O)c3cc(-c4ccc(F)cc4)c[nH]3)CC2)cc(=O)n1C.